The van der Waals surface area contributed by atoms with Crippen molar-refractivity contribution in [2.75, 3.05) is 6.54 Å². The van der Waals surface area contributed by atoms with Crippen molar-refractivity contribution in [1.29, 1.82) is 0 Å². The molecule has 1 unspecified atom stereocenters. The summed E-state index contributed by atoms with van der Waals surface area (Å²) >= 11 is 1.42. The van der Waals surface area contributed by atoms with Gasteiger partial charge in [-0.1, -0.05) is 23.9 Å². The molecule has 1 aromatic carbocycles. The number of thioether (sulfide) groups is 1. The summed E-state index contributed by atoms with van der Waals surface area (Å²) in [5, 5.41) is 11.7. The van der Waals surface area contributed by atoms with Gasteiger partial charge in [0.25, 0.3) is 0 Å². The molecule has 0 bridgehead atoms. The molecule has 0 radical (unpaired) electrons. The SMILES string of the molecule is Cn1nnnc1SC(CN)c1cccc(F)c1. The van der Waals surface area contributed by atoms with Gasteiger partial charge >= 0.3 is 0 Å². The minimum Gasteiger partial charge on any atom is -0.329 e. The minimum atomic E-state index is -0.266. The fourth-order valence-corrected chi connectivity index (χ4v) is 2.31. The summed E-state index contributed by atoms with van der Waals surface area (Å²) in [6.07, 6.45) is 0. The van der Waals surface area contributed by atoms with Crippen molar-refractivity contribution in [2.45, 2.75) is 10.4 Å². The second-order valence-electron chi connectivity index (χ2n) is 3.48. The predicted octanol–water partition coefficient (Wildman–Crippen LogP) is 1.14. The molecule has 17 heavy (non-hydrogen) atoms. The Morgan fingerprint density at radius 2 is 2.35 bits per heavy atom. The summed E-state index contributed by atoms with van der Waals surface area (Å²) in [5.74, 6) is -0.266. The molecule has 7 heteroatoms. The Kier molecular flexibility index (Phi) is 3.70. The molecule has 1 heterocycles. The van der Waals surface area contributed by atoms with Gasteiger partial charge in [-0.2, -0.15) is 0 Å². The molecule has 0 aliphatic rings. The molecule has 5 nitrogen and oxygen atoms in total. The Bertz CT molecular complexity index is 501. The molecule has 0 aliphatic heterocycles. The number of tetrazole rings is 1. The Hall–Kier alpha value is -1.47. The van der Waals surface area contributed by atoms with Crippen LogP contribution in [0.25, 0.3) is 0 Å². The van der Waals surface area contributed by atoms with Crippen molar-refractivity contribution >= 4 is 11.8 Å². The molecule has 2 aromatic rings. The van der Waals surface area contributed by atoms with Gasteiger partial charge in [0.1, 0.15) is 5.82 Å². The lowest BCUT2D eigenvalue weighted by Gasteiger charge is -2.13. The molecule has 2 rings (SSSR count). The maximum Gasteiger partial charge on any atom is 0.209 e. The normalized spacial score (nSPS) is 12.6. The number of halogens is 1. The van der Waals surface area contributed by atoms with Crippen molar-refractivity contribution in [2.24, 2.45) is 12.8 Å². The zero-order chi connectivity index (χ0) is 12.3. The van der Waals surface area contributed by atoms with Crippen LogP contribution in [0.3, 0.4) is 0 Å². The van der Waals surface area contributed by atoms with Crippen LogP contribution in [0.2, 0.25) is 0 Å². The van der Waals surface area contributed by atoms with E-state index in [2.05, 4.69) is 15.5 Å². The standard InChI is InChI=1S/C10H12FN5S/c1-16-10(13-14-15-16)17-9(6-12)7-3-2-4-8(11)5-7/h2-5,9H,6,12H2,1H3. The summed E-state index contributed by atoms with van der Waals surface area (Å²) in [7, 11) is 1.75. The predicted molar refractivity (Wildman–Crippen MR) is 62.9 cm³/mol. The third kappa shape index (κ3) is 2.80. The quantitative estimate of drug-likeness (QED) is 0.827. The lowest BCUT2D eigenvalue weighted by molar-refractivity contribution is 0.625. The fourth-order valence-electron chi connectivity index (χ4n) is 1.41. The van der Waals surface area contributed by atoms with Crippen molar-refractivity contribution in [3.63, 3.8) is 0 Å². The highest BCUT2D eigenvalue weighted by molar-refractivity contribution is 7.99. The second kappa shape index (κ2) is 5.24. The van der Waals surface area contributed by atoms with E-state index in [1.54, 1.807) is 17.8 Å². The largest absolute Gasteiger partial charge is 0.329 e. The van der Waals surface area contributed by atoms with Crippen molar-refractivity contribution in [1.82, 2.24) is 20.2 Å². The van der Waals surface area contributed by atoms with Gasteiger partial charge in [0.05, 0.1) is 0 Å². The number of nitrogens with zero attached hydrogens (tertiary/aromatic N) is 4. The molecule has 0 saturated carbocycles. The van der Waals surface area contributed by atoms with Crippen molar-refractivity contribution in [3.8, 4) is 0 Å². The Balaban J connectivity index is 2.20. The van der Waals surface area contributed by atoms with Crippen LogP contribution in [0.15, 0.2) is 29.4 Å². The molecule has 0 spiro atoms. The van der Waals surface area contributed by atoms with Gasteiger partial charge in [-0.15, -0.1) is 5.10 Å². The Morgan fingerprint density at radius 3 is 2.94 bits per heavy atom. The highest BCUT2D eigenvalue weighted by Gasteiger charge is 2.15. The lowest BCUT2D eigenvalue weighted by Crippen LogP contribution is -2.10. The smallest absolute Gasteiger partial charge is 0.209 e. The van der Waals surface area contributed by atoms with E-state index in [1.165, 1.54) is 23.9 Å². The number of rotatable bonds is 4. The van der Waals surface area contributed by atoms with Crippen LogP contribution in [0.1, 0.15) is 10.8 Å². The highest BCUT2D eigenvalue weighted by Crippen LogP contribution is 2.32. The van der Waals surface area contributed by atoms with E-state index < -0.39 is 0 Å². The van der Waals surface area contributed by atoms with E-state index in [1.807, 2.05) is 6.07 Å². The Morgan fingerprint density at radius 1 is 1.53 bits per heavy atom. The molecule has 1 aromatic heterocycles. The van der Waals surface area contributed by atoms with E-state index in [0.29, 0.717) is 11.7 Å². The zero-order valence-electron chi connectivity index (χ0n) is 9.25. The topological polar surface area (TPSA) is 69.6 Å². The first-order chi connectivity index (χ1) is 8.20. The summed E-state index contributed by atoms with van der Waals surface area (Å²) in [4.78, 5) is 0. The molecule has 2 N–H and O–H groups in total. The molecule has 1 atom stereocenters. The molecular weight excluding hydrogens is 241 g/mol. The van der Waals surface area contributed by atoms with Gasteiger partial charge in [0, 0.05) is 18.8 Å². The van der Waals surface area contributed by atoms with E-state index in [4.69, 9.17) is 5.73 Å². The molecular formula is C10H12FN5S. The van der Waals surface area contributed by atoms with E-state index in [9.17, 15) is 4.39 Å². The number of hydrogen-bond acceptors (Lipinski definition) is 5. The van der Waals surface area contributed by atoms with Gasteiger partial charge in [-0.3, -0.25) is 0 Å². The number of nitrogens with two attached hydrogens (primary N) is 1. The second-order valence-corrected chi connectivity index (χ2v) is 4.65. The van der Waals surface area contributed by atoms with E-state index in [-0.39, 0.29) is 11.1 Å². The summed E-state index contributed by atoms with van der Waals surface area (Å²) in [6, 6.07) is 6.40. The zero-order valence-corrected chi connectivity index (χ0v) is 10.1. The first kappa shape index (κ1) is 12.0. The Labute approximate surface area is 102 Å². The first-order valence-corrected chi connectivity index (χ1v) is 5.93. The number of benzene rings is 1. The van der Waals surface area contributed by atoms with Crippen molar-refractivity contribution < 1.29 is 4.39 Å². The number of hydrogen-bond donors (Lipinski definition) is 1. The van der Waals surface area contributed by atoms with Crippen LogP contribution in [0.5, 0.6) is 0 Å². The van der Waals surface area contributed by atoms with Crippen molar-refractivity contribution in [3.05, 3.63) is 35.6 Å². The maximum atomic E-state index is 13.1. The van der Waals surface area contributed by atoms with Crippen LogP contribution in [0, 0.1) is 5.82 Å². The third-order valence-corrected chi connectivity index (χ3v) is 3.57. The molecule has 90 valence electrons. The van der Waals surface area contributed by atoms with Crippen LogP contribution in [0.4, 0.5) is 4.39 Å². The van der Waals surface area contributed by atoms with E-state index >= 15 is 0 Å². The maximum absolute atomic E-state index is 13.1. The fraction of sp³-hybridized carbons (Fsp3) is 0.300. The number of aromatic nitrogens is 4. The number of aryl methyl sites for hydroxylation is 1. The van der Waals surface area contributed by atoms with E-state index in [0.717, 1.165) is 5.56 Å². The molecule has 0 saturated heterocycles. The summed E-state index contributed by atoms with van der Waals surface area (Å²) < 4.78 is 14.7. The minimum absolute atomic E-state index is 0.0598. The van der Waals surface area contributed by atoms with Crippen LogP contribution < -0.4 is 5.73 Å². The average molecular weight is 253 g/mol. The highest BCUT2D eigenvalue weighted by atomic mass is 32.2. The molecule has 0 amide bonds. The first-order valence-electron chi connectivity index (χ1n) is 5.05. The lowest BCUT2D eigenvalue weighted by atomic mass is 10.1. The van der Waals surface area contributed by atoms with Gasteiger partial charge < -0.3 is 5.73 Å². The van der Waals surface area contributed by atoms with Gasteiger partial charge in [0.2, 0.25) is 5.16 Å². The van der Waals surface area contributed by atoms with Gasteiger partial charge in [-0.05, 0) is 28.1 Å². The summed E-state index contributed by atoms with van der Waals surface area (Å²) in [5.41, 5.74) is 6.53. The summed E-state index contributed by atoms with van der Waals surface area (Å²) in [6.45, 7) is 0.390. The monoisotopic (exact) mass is 253 g/mol. The molecule has 0 aliphatic carbocycles. The van der Waals surface area contributed by atoms with Crippen LogP contribution in [-0.4, -0.2) is 26.8 Å². The van der Waals surface area contributed by atoms with Crippen LogP contribution in [-0.2, 0) is 7.05 Å². The van der Waals surface area contributed by atoms with Gasteiger partial charge in [-0.25, -0.2) is 9.07 Å². The molecule has 0 fully saturated rings. The third-order valence-electron chi connectivity index (χ3n) is 2.26. The van der Waals surface area contributed by atoms with Gasteiger partial charge in [0.15, 0.2) is 0 Å². The van der Waals surface area contributed by atoms with Crippen LogP contribution >= 0.6 is 11.8 Å². The average Bonchev–Trinajstić information content (AvgIpc) is 2.71.